The highest BCUT2D eigenvalue weighted by atomic mass is 32.2. The highest BCUT2D eigenvalue weighted by Gasteiger charge is 2.28. The van der Waals surface area contributed by atoms with E-state index in [9.17, 15) is 4.79 Å². The number of ether oxygens (including phenoxy) is 1. The standard InChI is InChI=1S/C9H15N3O3S/c1-11-7(10)2-3-12(6-14)8-5-15-9(4-13)16-8/h2-3,6,8-9,13H,4-5H2,1H3,(H2,10,11)/b3-2-. The summed E-state index contributed by atoms with van der Waals surface area (Å²) in [5.74, 6) is 0.342. The summed E-state index contributed by atoms with van der Waals surface area (Å²) in [7, 11) is 1.57. The molecule has 6 nitrogen and oxygen atoms in total. The zero-order chi connectivity index (χ0) is 12.0. The molecule has 0 bridgehead atoms. The van der Waals surface area contributed by atoms with Crippen molar-refractivity contribution in [2.24, 2.45) is 10.7 Å². The van der Waals surface area contributed by atoms with Gasteiger partial charge in [-0.15, -0.1) is 11.8 Å². The number of amidine groups is 1. The quantitative estimate of drug-likeness (QED) is 0.382. The van der Waals surface area contributed by atoms with Crippen LogP contribution in [0.4, 0.5) is 0 Å². The summed E-state index contributed by atoms with van der Waals surface area (Å²) in [6.07, 6.45) is 3.79. The number of rotatable bonds is 5. The third kappa shape index (κ3) is 3.51. The fraction of sp³-hybridized carbons (Fsp3) is 0.556. The van der Waals surface area contributed by atoms with Crippen LogP contribution in [0.2, 0.25) is 0 Å². The van der Waals surface area contributed by atoms with E-state index in [0.29, 0.717) is 18.9 Å². The number of thioether (sulfide) groups is 1. The number of carbonyl (C=O) groups excluding carboxylic acids is 1. The van der Waals surface area contributed by atoms with Crippen molar-refractivity contribution >= 4 is 24.0 Å². The number of nitrogens with two attached hydrogens (primary N) is 1. The molecule has 16 heavy (non-hydrogen) atoms. The molecule has 1 heterocycles. The zero-order valence-electron chi connectivity index (χ0n) is 8.94. The van der Waals surface area contributed by atoms with Gasteiger partial charge in [0.25, 0.3) is 0 Å². The summed E-state index contributed by atoms with van der Waals surface area (Å²) >= 11 is 1.39. The van der Waals surface area contributed by atoms with Gasteiger partial charge in [-0.25, -0.2) is 0 Å². The van der Waals surface area contributed by atoms with Crippen LogP contribution in [0.25, 0.3) is 0 Å². The molecule has 1 aliphatic rings. The molecule has 2 unspecified atom stereocenters. The highest BCUT2D eigenvalue weighted by molar-refractivity contribution is 8.00. The molecule has 0 aromatic heterocycles. The maximum atomic E-state index is 10.9. The first kappa shape index (κ1) is 13.0. The van der Waals surface area contributed by atoms with E-state index in [4.69, 9.17) is 15.6 Å². The summed E-state index contributed by atoms with van der Waals surface area (Å²) in [6, 6.07) is 0. The molecule has 1 aliphatic heterocycles. The van der Waals surface area contributed by atoms with Gasteiger partial charge in [0.15, 0.2) is 0 Å². The summed E-state index contributed by atoms with van der Waals surface area (Å²) in [5.41, 5.74) is 5.20. The molecule has 0 spiro atoms. The van der Waals surface area contributed by atoms with E-state index in [1.165, 1.54) is 16.7 Å². The molecule has 0 saturated carbocycles. The Labute approximate surface area is 98.2 Å². The maximum absolute atomic E-state index is 10.9. The first-order valence-electron chi connectivity index (χ1n) is 4.72. The number of aliphatic imine (C=N–C) groups is 1. The van der Waals surface area contributed by atoms with Crippen molar-refractivity contribution in [3.63, 3.8) is 0 Å². The Morgan fingerprint density at radius 3 is 3.06 bits per heavy atom. The van der Waals surface area contributed by atoms with E-state index in [-0.39, 0.29) is 17.4 Å². The van der Waals surface area contributed by atoms with Gasteiger partial charge in [0.2, 0.25) is 6.41 Å². The highest BCUT2D eigenvalue weighted by Crippen LogP contribution is 2.28. The predicted molar refractivity (Wildman–Crippen MR) is 62.8 cm³/mol. The smallest absolute Gasteiger partial charge is 0.214 e. The van der Waals surface area contributed by atoms with Gasteiger partial charge in [-0.05, 0) is 6.08 Å². The van der Waals surface area contributed by atoms with Crippen LogP contribution >= 0.6 is 11.8 Å². The molecule has 1 saturated heterocycles. The van der Waals surface area contributed by atoms with Crippen LogP contribution in [0.3, 0.4) is 0 Å². The lowest BCUT2D eigenvalue weighted by molar-refractivity contribution is -0.116. The molecule has 1 fully saturated rings. The average Bonchev–Trinajstić information content (AvgIpc) is 2.78. The van der Waals surface area contributed by atoms with Crippen molar-refractivity contribution in [2.75, 3.05) is 20.3 Å². The van der Waals surface area contributed by atoms with Crippen LogP contribution in [0.15, 0.2) is 17.3 Å². The number of hydrogen-bond donors (Lipinski definition) is 2. The third-order valence-corrected chi connectivity index (χ3v) is 3.29. The minimum absolute atomic E-state index is 0.0594. The van der Waals surface area contributed by atoms with Crippen LogP contribution in [-0.2, 0) is 9.53 Å². The maximum Gasteiger partial charge on any atom is 0.214 e. The van der Waals surface area contributed by atoms with Crippen molar-refractivity contribution in [1.82, 2.24) is 4.90 Å². The number of amides is 1. The first-order chi connectivity index (χ1) is 7.71. The summed E-state index contributed by atoms with van der Waals surface area (Å²) in [6.45, 7) is 0.332. The van der Waals surface area contributed by atoms with E-state index >= 15 is 0 Å². The minimum Gasteiger partial charge on any atom is -0.393 e. The minimum atomic E-state index is -0.266. The average molecular weight is 245 g/mol. The molecule has 90 valence electrons. The Balaban J connectivity index is 2.55. The molecule has 0 aromatic carbocycles. The van der Waals surface area contributed by atoms with Gasteiger partial charge in [0.05, 0.1) is 13.2 Å². The third-order valence-electron chi connectivity index (χ3n) is 2.01. The molecule has 3 N–H and O–H groups in total. The first-order valence-corrected chi connectivity index (χ1v) is 5.66. The number of aliphatic hydroxyl groups excluding tert-OH is 1. The van der Waals surface area contributed by atoms with E-state index in [2.05, 4.69) is 4.99 Å². The van der Waals surface area contributed by atoms with Crippen molar-refractivity contribution < 1.29 is 14.6 Å². The number of nitrogens with zero attached hydrogens (tertiary/aromatic N) is 2. The number of carbonyl (C=O) groups is 1. The molecule has 1 amide bonds. The van der Waals surface area contributed by atoms with Crippen molar-refractivity contribution in [1.29, 1.82) is 0 Å². The second-order valence-corrected chi connectivity index (χ2v) is 4.40. The molecule has 0 aliphatic carbocycles. The zero-order valence-corrected chi connectivity index (χ0v) is 9.76. The Bertz CT molecular complexity index is 296. The van der Waals surface area contributed by atoms with E-state index < -0.39 is 0 Å². The van der Waals surface area contributed by atoms with E-state index in [1.54, 1.807) is 19.3 Å². The molecule has 0 radical (unpaired) electrons. The van der Waals surface area contributed by atoms with Crippen LogP contribution < -0.4 is 5.73 Å². The summed E-state index contributed by atoms with van der Waals surface area (Å²) in [5, 5.41) is 8.76. The topological polar surface area (TPSA) is 88.2 Å². The van der Waals surface area contributed by atoms with Gasteiger partial charge in [0, 0.05) is 13.2 Å². The van der Waals surface area contributed by atoms with Gasteiger partial charge in [-0.1, -0.05) is 0 Å². The molecule has 0 aromatic rings. The fourth-order valence-electron chi connectivity index (χ4n) is 1.13. The molecular weight excluding hydrogens is 230 g/mol. The number of aliphatic hydroxyl groups is 1. The van der Waals surface area contributed by atoms with Crippen molar-refractivity contribution in [3.05, 3.63) is 12.3 Å². The van der Waals surface area contributed by atoms with Crippen LogP contribution in [0, 0.1) is 0 Å². The Kier molecular flexibility index (Phi) is 5.30. The Morgan fingerprint density at radius 1 is 1.81 bits per heavy atom. The number of hydrogen-bond acceptors (Lipinski definition) is 5. The lowest BCUT2D eigenvalue weighted by Crippen LogP contribution is -2.27. The largest absolute Gasteiger partial charge is 0.393 e. The summed E-state index contributed by atoms with van der Waals surface area (Å²) in [4.78, 5) is 16.0. The monoisotopic (exact) mass is 245 g/mol. The van der Waals surface area contributed by atoms with Crippen molar-refractivity contribution in [3.8, 4) is 0 Å². The lowest BCUT2D eigenvalue weighted by Gasteiger charge is -2.18. The molecular formula is C9H15N3O3S. The Hall–Kier alpha value is -1.05. The molecule has 2 atom stereocenters. The van der Waals surface area contributed by atoms with Gasteiger partial charge in [-0.3, -0.25) is 9.79 Å². The molecule has 7 heteroatoms. The van der Waals surface area contributed by atoms with Gasteiger partial charge >= 0.3 is 0 Å². The Morgan fingerprint density at radius 2 is 2.56 bits per heavy atom. The van der Waals surface area contributed by atoms with Gasteiger partial charge < -0.3 is 20.5 Å². The second-order valence-electron chi connectivity index (χ2n) is 3.05. The lowest BCUT2D eigenvalue weighted by atomic mass is 10.5. The van der Waals surface area contributed by atoms with E-state index in [0.717, 1.165) is 0 Å². The molecule has 1 rings (SSSR count). The van der Waals surface area contributed by atoms with Crippen LogP contribution in [-0.4, -0.2) is 53.3 Å². The fourth-order valence-corrected chi connectivity index (χ4v) is 2.14. The normalized spacial score (nSPS) is 26.2. The second kappa shape index (κ2) is 6.51. The summed E-state index contributed by atoms with van der Waals surface area (Å²) < 4.78 is 5.25. The van der Waals surface area contributed by atoms with Crippen molar-refractivity contribution in [2.45, 2.75) is 10.8 Å². The van der Waals surface area contributed by atoms with E-state index in [1.807, 2.05) is 0 Å². The van der Waals surface area contributed by atoms with Crippen LogP contribution in [0.1, 0.15) is 0 Å². The van der Waals surface area contributed by atoms with Gasteiger partial charge in [-0.2, -0.15) is 0 Å². The van der Waals surface area contributed by atoms with Crippen LogP contribution in [0.5, 0.6) is 0 Å². The SMILES string of the molecule is CN=C(N)/C=C\N(C=O)C1COC(CO)S1. The van der Waals surface area contributed by atoms with Gasteiger partial charge in [0.1, 0.15) is 16.6 Å². The predicted octanol–water partition coefficient (Wildman–Crippen LogP) is -0.647.